The normalized spacial score (nSPS) is 42.5. The second-order valence-corrected chi connectivity index (χ2v) is 25.3. The van der Waals surface area contributed by atoms with Crippen LogP contribution >= 0.6 is 0 Å². The number of hydrogen-bond acceptors (Lipinski definition) is 13. The number of rotatable bonds is 11. The van der Waals surface area contributed by atoms with Crippen molar-refractivity contribution in [2.75, 3.05) is 35.4 Å². The van der Waals surface area contributed by atoms with Crippen LogP contribution in [0.3, 0.4) is 0 Å². The minimum Gasteiger partial charge on any atom is -0.462 e. The third-order valence-electron chi connectivity index (χ3n) is 15.4. The van der Waals surface area contributed by atoms with Crippen LogP contribution in [0.15, 0.2) is 17.8 Å². The topological polar surface area (TPSA) is 142 Å². The summed E-state index contributed by atoms with van der Waals surface area (Å²) >= 11 is 0. The third kappa shape index (κ3) is 9.80. The summed E-state index contributed by atoms with van der Waals surface area (Å²) in [6.45, 7) is 15.1. The minimum absolute atomic E-state index is 0.0139. The maximum absolute atomic E-state index is 15.1. The van der Waals surface area contributed by atoms with Crippen molar-refractivity contribution >= 4 is 25.1 Å². The van der Waals surface area contributed by atoms with Gasteiger partial charge in [0.1, 0.15) is 32.5 Å². The smallest absolute Gasteiger partial charge is 0.306 e. The molecular weight excluding hydrogens is 797 g/mol. The predicted molar refractivity (Wildman–Crippen MR) is 232 cm³/mol. The van der Waals surface area contributed by atoms with Crippen LogP contribution in [0.1, 0.15) is 97.9 Å². The molecule has 0 spiro atoms. The van der Waals surface area contributed by atoms with Gasteiger partial charge in [-0.05, 0) is 115 Å². The highest BCUT2D eigenvalue weighted by Gasteiger charge is 2.57. The van der Waals surface area contributed by atoms with Crippen molar-refractivity contribution in [2.45, 2.75) is 185 Å². The lowest BCUT2D eigenvalue weighted by molar-refractivity contribution is -0.314. The molecule has 1 aromatic heterocycles. The zero-order chi connectivity index (χ0) is 43.9. The van der Waals surface area contributed by atoms with E-state index < -0.39 is 26.4 Å². The Labute approximate surface area is 365 Å². The molecule has 6 aliphatic rings. The average Bonchev–Trinajstić information content (AvgIpc) is 3.96. The summed E-state index contributed by atoms with van der Waals surface area (Å²) in [5.41, 5.74) is 0.759. The molecule has 4 heterocycles. The number of ether oxygens (including phenoxy) is 8. The van der Waals surface area contributed by atoms with Crippen molar-refractivity contribution in [1.29, 1.82) is 0 Å². The highest BCUT2D eigenvalue weighted by atomic mass is 28.3. The molecule has 3 aliphatic carbocycles. The Bertz CT molecular complexity index is 1690. The van der Waals surface area contributed by atoms with Crippen molar-refractivity contribution in [3.63, 3.8) is 0 Å². The molecule has 3 aliphatic heterocycles. The number of cyclic esters (lactones) is 1. The predicted octanol–water partition coefficient (Wildman–Crippen LogP) is 5.70. The van der Waals surface area contributed by atoms with E-state index in [0.29, 0.717) is 12.5 Å². The van der Waals surface area contributed by atoms with Gasteiger partial charge in [0.05, 0.1) is 42.2 Å². The number of likely N-dealkylation sites (N-methyl/N-ethyl adjacent to an activating group) is 1. The number of carbonyl (C=O) groups excluding carboxylic acids is 2. The van der Waals surface area contributed by atoms with Crippen molar-refractivity contribution in [3.8, 4) is 0 Å². The number of nitrogens with zero attached hydrogens (tertiary/aromatic N) is 4. The van der Waals surface area contributed by atoms with Crippen molar-refractivity contribution in [1.82, 2.24) is 19.9 Å². The summed E-state index contributed by atoms with van der Waals surface area (Å²) in [4.78, 5) is 31.3. The number of methoxy groups -OCH3 is 3. The summed E-state index contributed by atoms with van der Waals surface area (Å²) in [5.74, 6) is -0.353. The molecule has 4 unspecified atom stereocenters. The summed E-state index contributed by atoms with van der Waals surface area (Å²) in [6, 6.07) is 0.335. The maximum atomic E-state index is 15.1. The van der Waals surface area contributed by atoms with Gasteiger partial charge in [0.25, 0.3) is 0 Å². The van der Waals surface area contributed by atoms with E-state index in [1.165, 1.54) is 0 Å². The van der Waals surface area contributed by atoms with E-state index in [0.717, 1.165) is 62.3 Å². The van der Waals surface area contributed by atoms with Crippen LogP contribution < -0.4 is 5.32 Å². The lowest BCUT2D eigenvalue weighted by Gasteiger charge is -2.44. The summed E-state index contributed by atoms with van der Waals surface area (Å²) in [7, 11) is 7.42. The fourth-order valence-electron chi connectivity index (χ4n) is 12.0. The zero-order valence-corrected chi connectivity index (χ0v) is 40.0. The van der Waals surface area contributed by atoms with Crippen LogP contribution in [-0.4, -0.2) is 143 Å². The van der Waals surface area contributed by atoms with E-state index in [9.17, 15) is 4.79 Å². The van der Waals surface area contributed by atoms with Crippen molar-refractivity contribution in [3.05, 3.63) is 17.8 Å². The molecule has 0 bridgehead atoms. The maximum Gasteiger partial charge on any atom is 0.306 e. The molecule has 344 valence electrons. The van der Waals surface area contributed by atoms with Gasteiger partial charge in [0.15, 0.2) is 18.4 Å². The standard InChI is InChI=1S/C46H76N4O10Si/c1-13-28-15-14-16-38(60-41-18-17-36(49(5)6)26(3)56-41)25(2)42(52)35-21-31-30-19-29(59-46-45(55-9)44(54-8)43(53-7)27(4)57-46)20-34(30)37(22-32(31)33(35)23-40(51)58-28)50-24-39(47-48-50)61(10,11)12/h21,24-34,36-38,41,43-46H,13-20,22-23H2,1-12H3/t25-,26?,27?,28+,29+,30+,31+,32-,33+,34-,36+,37-,38+,41+,43+,44?,45?,46+/m1/s1. The van der Waals surface area contributed by atoms with Crippen molar-refractivity contribution in [2.24, 2.45) is 35.5 Å². The van der Waals surface area contributed by atoms with E-state index in [1.807, 2.05) is 13.8 Å². The Morgan fingerprint density at radius 1 is 0.852 bits per heavy atom. The van der Waals surface area contributed by atoms with Crippen LogP contribution in [0.25, 0.3) is 0 Å². The van der Waals surface area contributed by atoms with Gasteiger partial charge in [0.2, 0.25) is 0 Å². The average molecular weight is 873 g/mol. The second kappa shape index (κ2) is 19.6. The summed E-state index contributed by atoms with van der Waals surface area (Å²) in [6.07, 6.45) is 8.55. The first-order valence-electron chi connectivity index (χ1n) is 23.3. The molecule has 14 nitrogen and oxygen atoms in total. The number of esters is 1. The molecule has 61 heavy (non-hydrogen) atoms. The molecule has 5 fully saturated rings. The lowest BCUT2D eigenvalue weighted by atomic mass is 9.64. The van der Waals surface area contributed by atoms with Crippen LogP contribution in [0, 0.1) is 35.5 Å². The Kier molecular flexibility index (Phi) is 15.0. The molecule has 3 saturated heterocycles. The molecule has 1 aromatic rings. The van der Waals surface area contributed by atoms with Gasteiger partial charge in [-0.15, -0.1) is 5.10 Å². The second-order valence-electron chi connectivity index (χ2n) is 20.3. The summed E-state index contributed by atoms with van der Waals surface area (Å²) in [5, 5.41) is 10.6. The number of ketones is 1. The fourth-order valence-corrected chi connectivity index (χ4v) is 12.9. The first-order valence-corrected chi connectivity index (χ1v) is 26.8. The van der Waals surface area contributed by atoms with Gasteiger partial charge in [-0.2, -0.15) is 0 Å². The van der Waals surface area contributed by atoms with E-state index in [1.54, 1.807) is 21.3 Å². The number of hydrogen-bond donors (Lipinski definition) is 0. The van der Waals surface area contributed by atoms with Gasteiger partial charge >= 0.3 is 5.97 Å². The Hall–Kier alpha value is -2.08. The largest absolute Gasteiger partial charge is 0.462 e. The molecule has 0 aromatic carbocycles. The highest BCUT2D eigenvalue weighted by molar-refractivity contribution is 6.88. The first-order chi connectivity index (χ1) is 29.1. The molecule has 2 saturated carbocycles. The van der Waals surface area contributed by atoms with E-state index in [4.69, 9.17) is 48.2 Å². The Balaban J connectivity index is 1.20. The zero-order valence-electron chi connectivity index (χ0n) is 39.0. The number of Topliss-reactive ketones (excluding diaryl/α,β-unsaturated/α-hetero) is 1. The van der Waals surface area contributed by atoms with Crippen LogP contribution in [-0.2, 0) is 47.5 Å². The lowest BCUT2D eigenvalue weighted by Crippen LogP contribution is -2.59. The van der Waals surface area contributed by atoms with Crippen LogP contribution in [0.4, 0.5) is 0 Å². The molecule has 0 amide bonds. The fraction of sp³-hybridized carbons (Fsp3) is 0.870. The van der Waals surface area contributed by atoms with Crippen molar-refractivity contribution < 1.29 is 47.5 Å². The molecule has 0 N–H and O–H groups in total. The number of fused-ring (bicyclic) bond motifs is 5. The minimum atomic E-state index is -1.76. The Morgan fingerprint density at radius 2 is 1.57 bits per heavy atom. The SMILES string of the molecule is CC[C@H]1CCC[C@H](O[C@H]2CC[C@H](N(C)C)C(C)O2)[C@@H](C)C(=O)C2=C[C@@H]3[C@@H](C[C@@H](n4cc([Si](C)(C)C)nn4)[C@@H]4C[C@@H](O[C@@H]5OC(C)[C@H](OC)C(OC)C5OC)C[C@@H]34)[C@@H]2CC(=O)O1. The van der Waals surface area contributed by atoms with Gasteiger partial charge < -0.3 is 42.8 Å². The highest BCUT2D eigenvalue weighted by Crippen LogP contribution is 2.60. The van der Waals surface area contributed by atoms with Gasteiger partial charge in [-0.3, -0.25) is 9.59 Å². The number of aromatic nitrogens is 3. The molecule has 7 rings (SSSR count). The number of carbonyl (C=O) groups is 2. The first kappa shape index (κ1) is 46.9. The molecule has 15 heteroatoms. The summed E-state index contributed by atoms with van der Waals surface area (Å²) < 4.78 is 52.7. The van der Waals surface area contributed by atoms with Gasteiger partial charge in [-0.1, -0.05) is 44.8 Å². The number of allylic oxidation sites excluding steroid dienone is 2. The van der Waals surface area contributed by atoms with E-state index in [2.05, 4.69) is 69.4 Å². The third-order valence-corrected chi connectivity index (χ3v) is 17.2. The quantitative estimate of drug-likeness (QED) is 0.199. The van der Waals surface area contributed by atoms with Gasteiger partial charge in [0, 0.05) is 45.4 Å². The van der Waals surface area contributed by atoms with Gasteiger partial charge in [-0.25, -0.2) is 4.68 Å². The molecule has 18 atom stereocenters. The van der Waals surface area contributed by atoms with Crippen LogP contribution in [0.2, 0.25) is 19.6 Å². The van der Waals surface area contributed by atoms with E-state index in [-0.39, 0.29) is 103 Å². The Morgan fingerprint density at radius 3 is 2.21 bits per heavy atom. The molecular formula is C46H76N4O10Si. The monoisotopic (exact) mass is 873 g/mol. The molecule has 0 radical (unpaired) electrons. The van der Waals surface area contributed by atoms with Crippen LogP contribution in [0.5, 0.6) is 0 Å². The van der Waals surface area contributed by atoms with E-state index >= 15 is 4.79 Å².